The molecule has 100 valence electrons. The lowest BCUT2D eigenvalue weighted by atomic mass is 10.1. The minimum atomic E-state index is -3.44. The van der Waals surface area contributed by atoms with Crippen LogP contribution in [0.2, 0.25) is 0 Å². The fourth-order valence-corrected chi connectivity index (χ4v) is 3.08. The van der Waals surface area contributed by atoms with Crippen LogP contribution in [0.3, 0.4) is 0 Å². The Balaban J connectivity index is 2.17. The van der Waals surface area contributed by atoms with Crippen molar-refractivity contribution in [2.45, 2.75) is 24.3 Å². The van der Waals surface area contributed by atoms with Crippen molar-refractivity contribution >= 4 is 15.7 Å². The molecule has 1 unspecified atom stereocenters. The van der Waals surface area contributed by atoms with E-state index >= 15 is 0 Å². The molecule has 2 rings (SSSR count). The van der Waals surface area contributed by atoms with Crippen LogP contribution in [0.1, 0.15) is 12.5 Å². The quantitative estimate of drug-likeness (QED) is 0.782. The van der Waals surface area contributed by atoms with Crippen LogP contribution in [0.15, 0.2) is 23.1 Å². The van der Waals surface area contributed by atoms with Crippen molar-refractivity contribution in [2.75, 3.05) is 25.6 Å². The van der Waals surface area contributed by atoms with Crippen LogP contribution in [-0.2, 0) is 21.2 Å². The van der Waals surface area contributed by atoms with E-state index in [0.29, 0.717) is 17.5 Å². The molecule has 1 aromatic rings. The van der Waals surface area contributed by atoms with E-state index in [0.717, 1.165) is 12.1 Å². The molecule has 0 spiro atoms. The van der Waals surface area contributed by atoms with Crippen molar-refractivity contribution < 1.29 is 13.2 Å². The van der Waals surface area contributed by atoms with Crippen LogP contribution >= 0.6 is 0 Å². The van der Waals surface area contributed by atoms with Gasteiger partial charge in [0.25, 0.3) is 0 Å². The van der Waals surface area contributed by atoms with Crippen molar-refractivity contribution in [2.24, 2.45) is 0 Å². The number of rotatable bonds is 5. The van der Waals surface area contributed by atoms with Crippen molar-refractivity contribution in [1.29, 1.82) is 0 Å². The second-order valence-electron chi connectivity index (χ2n) is 4.46. The number of hydrogen-bond acceptors (Lipinski definition) is 4. The summed E-state index contributed by atoms with van der Waals surface area (Å²) in [6.07, 6.45) is 0.937. The molecule has 1 aromatic carbocycles. The first-order chi connectivity index (χ1) is 8.53. The molecule has 0 aliphatic carbocycles. The van der Waals surface area contributed by atoms with Gasteiger partial charge in [0.2, 0.25) is 10.0 Å². The topological polar surface area (TPSA) is 67.4 Å². The highest BCUT2D eigenvalue weighted by molar-refractivity contribution is 7.89. The highest BCUT2D eigenvalue weighted by Gasteiger charge is 2.20. The van der Waals surface area contributed by atoms with Gasteiger partial charge in [-0.25, -0.2) is 13.1 Å². The summed E-state index contributed by atoms with van der Waals surface area (Å²) in [5.74, 6) is 0. The Bertz CT molecular complexity index is 528. The molecule has 1 atom stereocenters. The average Bonchev–Trinajstić information content (AvgIpc) is 2.68. The normalized spacial score (nSPS) is 18.4. The third-order valence-electron chi connectivity index (χ3n) is 2.92. The van der Waals surface area contributed by atoms with Gasteiger partial charge >= 0.3 is 0 Å². The second kappa shape index (κ2) is 5.26. The molecular formula is C12H18N2O3S. The maximum Gasteiger partial charge on any atom is 0.240 e. The van der Waals surface area contributed by atoms with E-state index in [9.17, 15) is 8.42 Å². The molecule has 1 aliphatic rings. The fourth-order valence-electron chi connectivity index (χ4n) is 2.04. The molecule has 1 heterocycles. The lowest BCUT2D eigenvalue weighted by Crippen LogP contribution is -2.27. The lowest BCUT2D eigenvalue weighted by Gasteiger charge is -2.08. The smallest absolute Gasteiger partial charge is 0.240 e. The van der Waals surface area contributed by atoms with E-state index in [4.69, 9.17) is 4.74 Å². The molecule has 6 heteroatoms. The Hall–Kier alpha value is -1.11. The number of sulfonamides is 1. The molecule has 0 amide bonds. The van der Waals surface area contributed by atoms with Gasteiger partial charge in [-0.15, -0.1) is 0 Å². The molecule has 18 heavy (non-hydrogen) atoms. The number of nitrogens with one attached hydrogen (secondary N) is 2. The summed E-state index contributed by atoms with van der Waals surface area (Å²) in [5, 5.41) is 3.26. The zero-order valence-electron chi connectivity index (χ0n) is 10.6. The van der Waals surface area contributed by atoms with Gasteiger partial charge in [0.15, 0.2) is 0 Å². The average molecular weight is 270 g/mol. The molecule has 5 nitrogen and oxygen atoms in total. The molecule has 2 N–H and O–H groups in total. The Labute approximate surface area is 108 Å². The van der Waals surface area contributed by atoms with Gasteiger partial charge in [-0.3, -0.25) is 0 Å². The molecule has 0 saturated carbocycles. The van der Waals surface area contributed by atoms with Gasteiger partial charge in [-0.05, 0) is 31.0 Å². The van der Waals surface area contributed by atoms with Crippen molar-refractivity contribution in [3.63, 3.8) is 0 Å². The van der Waals surface area contributed by atoms with Gasteiger partial charge in [-0.1, -0.05) is 6.07 Å². The van der Waals surface area contributed by atoms with Crippen LogP contribution in [0.4, 0.5) is 5.69 Å². The minimum Gasteiger partial charge on any atom is -0.383 e. The van der Waals surface area contributed by atoms with Crippen molar-refractivity contribution in [3.8, 4) is 0 Å². The second-order valence-corrected chi connectivity index (χ2v) is 6.23. The maximum absolute atomic E-state index is 12.0. The molecule has 0 bridgehead atoms. The van der Waals surface area contributed by atoms with Crippen LogP contribution in [-0.4, -0.2) is 34.7 Å². The summed E-state index contributed by atoms with van der Waals surface area (Å²) in [4.78, 5) is 0.291. The first-order valence-corrected chi connectivity index (χ1v) is 7.39. The predicted octanol–water partition coefficient (Wildman–Crippen LogP) is 0.968. The van der Waals surface area contributed by atoms with E-state index in [1.54, 1.807) is 12.1 Å². The summed E-state index contributed by atoms with van der Waals surface area (Å²) in [7, 11) is -1.90. The molecule has 0 fully saturated rings. The van der Waals surface area contributed by atoms with E-state index in [-0.39, 0.29) is 6.54 Å². The molecule has 0 radical (unpaired) electrons. The van der Waals surface area contributed by atoms with Crippen LogP contribution < -0.4 is 10.0 Å². The first kappa shape index (κ1) is 13.3. The molecule has 1 aliphatic heterocycles. The van der Waals surface area contributed by atoms with Crippen molar-refractivity contribution in [1.82, 2.24) is 4.72 Å². The van der Waals surface area contributed by atoms with Crippen molar-refractivity contribution in [3.05, 3.63) is 23.8 Å². The number of ether oxygens (including phenoxy) is 1. The number of fused-ring (bicyclic) bond motifs is 1. The summed E-state index contributed by atoms with van der Waals surface area (Å²) < 4.78 is 31.3. The third-order valence-corrected chi connectivity index (χ3v) is 4.38. The van der Waals surface area contributed by atoms with Gasteiger partial charge < -0.3 is 10.1 Å². The van der Waals surface area contributed by atoms with Crippen LogP contribution in [0.5, 0.6) is 0 Å². The van der Waals surface area contributed by atoms with E-state index in [1.807, 2.05) is 6.07 Å². The third kappa shape index (κ3) is 2.82. The zero-order valence-corrected chi connectivity index (χ0v) is 11.4. The number of anilines is 1. The van der Waals surface area contributed by atoms with Crippen LogP contribution in [0.25, 0.3) is 0 Å². The minimum absolute atomic E-state index is 0.278. The Morgan fingerprint density at radius 1 is 1.50 bits per heavy atom. The SMILES string of the molecule is COCCNS(=O)(=O)c1ccc2c(c1)NC(C)C2. The first-order valence-electron chi connectivity index (χ1n) is 5.91. The predicted molar refractivity (Wildman–Crippen MR) is 70.3 cm³/mol. The molecular weight excluding hydrogens is 252 g/mol. The summed E-state index contributed by atoms with van der Waals surface area (Å²) in [5.41, 5.74) is 2.08. The Morgan fingerprint density at radius 3 is 3.00 bits per heavy atom. The van der Waals surface area contributed by atoms with Gasteiger partial charge in [0.05, 0.1) is 11.5 Å². The standard InChI is InChI=1S/C12H18N2O3S/c1-9-7-10-3-4-11(8-12(10)14-9)18(15,16)13-5-6-17-2/h3-4,8-9,13-14H,5-7H2,1-2H3. The molecule has 0 aromatic heterocycles. The number of methoxy groups -OCH3 is 1. The van der Waals surface area contributed by atoms with E-state index in [1.165, 1.54) is 12.7 Å². The summed E-state index contributed by atoms with van der Waals surface area (Å²) in [6, 6.07) is 5.57. The van der Waals surface area contributed by atoms with Gasteiger partial charge in [0, 0.05) is 25.4 Å². The lowest BCUT2D eigenvalue weighted by molar-refractivity contribution is 0.204. The van der Waals surface area contributed by atoms with Gasteiger partial charge in [-0.2, -0.15) is 0 Å². The summed E-state index contributed by atoms with van der Waals surface area (Å²) in [6.45, 7) is 2.71. The van der Waals surface area contributed by atoms with E-state index < -0.39 is 10.0 Å². The monoisotopic (exact) mass is 270 g/mol. The number of benzene rings is 1. The number of hydrogen-bond donors (Lipinski definition) is 2. The molecule has 0 saturated heterocycles. The Kier molecular flexibility index (Phi) is 3.89. The maximum atomic E-state index is 12.0. The highest BCUT2D eigenvalue weighted by Crippen LogP contribution is 2.28. The fraction of sp³-hybridized carbons (Fsp3) is 0.500. The Morgan fingerprint density at radius 2 is 2.28 bits per heavy atom. The van der Waals surface area contributed by atoms with E-state index in [2.05, 4.69) is 17.0 Å². The highest BCUT2D eigenvalue weighted by atomic mass is 32.2. The largest absolute Gasteiger partial charge is 0.383 e. The zero-order chi connectivity index (χ0) is 13.2. The van der Waals surface area contributed by atoms with Gasteiger partial charge in [0.1, 0.15) is 0 Å². The summed E-state index contributed by atoms with van der Waals surface area (Å²) >= 11 is 0. The van der Waals surface area contributed by atoms with Crippen LogP contribution in [0, 0.1) is 0 Å².